The summed E-state index contributed by atoms with van der Waals surface area (Å²) in [6.07, 6.45) is -1.99. The summed E-state index contributed by atoms with van der Waals surface area (Å²) in [7, 11) is 0. The lowest BCUT2D eigenvalue weighted by molar-refractivity contribution is -0.137. The van der Waals surface area contributed by atoms with Crippen LogP contribution in [0.1, 0.15) is 30.9 Å². The van der Waals surface area contributed by atoms with E-state index in [0.717, 1.165) is 32.1 Å². The van der Waals surface area contributed by atoms with Crippen molar-refractivity contribution in [2.75, 3.05) is 13.2 Å². The van der Waals surface area contributed by atoms with Gasteiger partial charge in [0.2, 0.25) is 0 Å². The first kappa shape index (κ1) is 15.3. The minimum Gasteiger partial charge on any atom is -0.378 e. The van der Waals surface area contributed by atoms with Gasteiger partial charge in [-0.3, -0.25) is 0 Å². The molecule has 1 fully saturated rings. The van der Waals surface area contributed by atoms with Gasteiger partial charge < -0.3 is 10.1 Å². The van der Waals surface area contributed by atoms with Gasteiger partial charge in [0.05, 0.1) is 11.7 Å². The molecule has 1 aliphatic heterocycles. The number of halogens is 3. The maximum Gasteiger partial charge on any atom is 0.416 e. The molecule has 1 N–H and O–H groups in total. The Morgan fingerprint density at radius 1 is 1.35 bits per heavy atom. The van der Waals surface area contributed by atoms with E-state index in [4.69, 9.17) is 4.74 Å². The summed E-state index contributed by atoms with van der Waals surface area (Å²) in [4.78, 5) is 0. The van der Waals surface area contributed by atoms with Crippen LogP contribution in [0, 0.1) is 5.92 Å². The Balaban J connectivity index is 1.85. The summed E-state index contributed by atoms with van der Waals surface area (Å²) < 4.78 is 43.4. The topological polar surface area (TPSA) is 21.3 Å². The van der Waals surface area contributed by atoms with E-state index in [2.05, 4.69) is 12.2 Å². The first-order valence-electron chi connectivity index (χ1n) is 6.99. The number of alkyl halides is 3. The highest BCUT2D eigenvalue weighted by Gasteiger charge is 2.30. The van der Waals surface area contributed by atoms with Crippen molar-refractivity contribution < 1.29 is 17.9 Å². The molecule has 1 aromatic rings. The Morgan fingerprint density at radius 3 is 2.85 bits per heavy atom. The Labute approximate surface area is 117 Å². The molecule has 5 heteroatoms. The van der Waals surface area contributed by atoms with Gasteiger partial charge in [-0.1, -0.05) is 25.1 Å². The molecule has 0 bridgehead atoms. The van der Waals surface area contributed by atoms with Crippen molar-refractivity contribution in [3.05, 3.63) is 35.4 Å². The number of rotatable bonds is 5. The molecule has 0 aromatic heterocycles. The lowest BCUT2D eigenvalue weighted by Gasteiger charge is -2.17. The van der Waals surface area contributed by atoms with Gasteiger partial charge in [-0.2, -0.15) is 13.2 Å². The Morgan fingerprint density at radius 2 is 2.15 bits per heavy atom. The molecule has 1 saturated heterocycles. The van der Waals surface area contributed by atoms with E-state index in [9.17, 15) is 13.2 Å². The lowest BCUT2D eigenvalue weighted by Crippen LogP contribution is -2.28. The van der Waals surface area contributed by atoms with Crippen LogP contribution in [0.15, 0.2) is 24.3 Å². The molecule has 1 heterocycles. The fourth-order valence-electron chi connectivity index (χ4n) is 2.64. The third-order valence-corrected chi connectivity index (χ3v) is 3.74. The number of benzene rings is 1. The van der Waals surface area contributed by atoms with E-state index in [-0.39, 0.29) is 6.10 Å². The zero-order chi connectivity index (χ0) is 14.6. The minimum absolute atomic E-state index is 0.281. The molecule has 2 atom stereocenters. The number of nitrogens with one attached hydrogen (secondary N) is 1. The van der Waals surface area contributed by atoms with Crippen LogP contribution in [-0.2, 0) is 17.5 Å². The quantitative estimate of drug-likeness (QED) is 0.893. The Kier molecular flexibility index (Phi) is 5.05. The highest BCUT2D eigenvalue weighted by Crippen LogP contribution is 2.29. The largest absolute Gasteiger partial charge is 0.416 e. The molecule has 0 amide bonds. The Bertz CT molecular complexity index is 433. The SMILES string of the molecule is CCC1OCCC1CNCc1cccc(C(F)(F)F)c1. The van der Waals surface area contributed by atoms with Crippen molar-refractivity contribution in [3.63, 3.8) is 0 Å². The van der Waals surface area contributed by atoms with Crippen molar-refractivity contribution in [2.45, 2.75) is 38.6 Å². The van der Waals surface area contributed by atoms with Crippen molar-refractivity contribution in [3.8, 4) is 0 Å². The normalized spacial score (nSPS) is 23.2. The second-order valence-corrected chi connectivity index (χ2v) is 5.20. The molecule has 20 heavy (non-hydrogen) atoms. The highest BCUT2D eigenvalue weighted by atomic mass is 19.4. The van der Waals surface area contributed by atoms with Gasteiger partial charge in [-0.15, -0.1) is 0 Å². The third kappa shape index (κ3) is 3.96. The molecule has 1 aromatic carbocycles. The molecule has 0 saturated carbocycles. The van der Waals surface area contributed by atoms with Gasteiger partial charge in [-0.25, -0.2) is 0 Å². The average Bonchev–Trinajstić information content (AvgIpc) is 2.86. The molecule has 2 rings (SSSR count). The molecule has 0 aliphatic carbocycles. The van der Waals surface area contributed by atoms with Crippen LogP contribution in [0.2, 0.25) is 0 Å². The monoisotopic (exact) mass is 287 g/mol. The smallest absolute Gasteiger partial charge is 0.378 e. The maximum atomic E-state index is 12.6. The average molecular weight is 287 g/mol. The molecular weight excluding hydrogens is 267 g/mol. The number of hydrogen-bond acceptors (Lipinski definition) is 2. The fourth-order valence-corrected chi connectivity index (χ4v) is 2.64. The van der Waals surface area contributed by atoms with E-state index >= 15 is 0 Å². The van der Waals surface area contributed by atoms with E-state index < -0.39 is 11.7 Å². The summed E-state index contributed by atoms with van der Waals surface area (Å²) in [6.45, 7) is 4.12. The van der Waals surface area contributed by atoms with Gasteiger partial charge in [0.1, 0.15) is 0 Å². The molecule has 112 valence electrons. The predicted molar refractivity (Wildman–Crippen MR) is 71.3 cm³/mol. The second kappa shape index (κ2) is 6.59. The summed E-state index contributed by atoms with van der Waals surface area (Å²) in [5, 5.41) is 3.24. The van der Waals surface area contributed by atoms with Gasteiger partial charge in [0.15, 0.2) is 0 Å². The summed E-state index contributed by atoms with van der Waals surface area (Å²) >= 11 is 0. The maximum absolute atomic E-state index is 12.6. The van der Waals surface area contributed by atoms with Crippen molar-refractivity contribution >= 4 is 0 Å². The minimum atomic E-state index is -4.28. The second-order valence-electron chi connectivity index (χ2n) is 5.20. The van der Waals surface area contributed by atoms with Crippen LogP contribution in [0.4, 0.5) is 13.2 Å². The van der Waals surface area contributed by atoms with Crippen LogP contribution in [0.5, 0.6) is 0 Å². The molecule has 2 unspecified atom stereocenters. The van der Waals surface area contributed by atoms with Gasteiger partial charge in [-0.05, 0) is 30.4 Å². The predicted octanol–water partition coefficient (Wildman–Crippen LogP) is 3.61. The van der Waals surface area contributed by atoms with Crippen molar-refractivity contribution in [1.82, 2.24) is 5.32 Å². The van der Waals surface area contributed by atoms with E-state index in [1.54, 1.807) is 6.07 Å². The first-order chi connectivity index (χ1) is 9.50. The Hall–Kier alpha value is -1.07. The van der Waals surface area contributed by atoms with Gasteiger partial charge in [0.25, 0.3) is 0 Å². The van der Waals surface area contributed by atoms with Crippen molar-refractivity contribution in [2.24, 2.45) is 5.92 Å². The standard InChI is InChI=1S/C15H20F3NO/c1-2-14-12(6-7-20-14)10-19-9-11-4-3-5-13(8-11)15(16,17)18/h3-5,8,12,14,19H,2,6-7,9-10H2,1H3. The van der Waals surface area contributed by atoms with Crippen LogP contribution in [-0.4, -0.2) is 19.3 Å². The molecule has 0 spiro atoms. The lowest BCUT2D eigenvalue weighted by atomic mass is 9.99. The number of ether oxygens (including phenoxy) is 1. The van der Waals surface area contributed by atoms with Crippen LogP contribution >= 0.6 is 0 Å². The van der Waals surface area contributed by atoms with Crippen LogP contribution < -0.4 is 5.32 Å². The third-order valence-electron chi connectivity index (χ3n) is 3.74. The van der Waals surface area contributed by atoms with Crippen LogP contribution in [0.3, 0.4) is 0 Å². The zero-order valence-electron chi connectivity index (χ0n) is 11.5. The summed E-state index contributed by atoms with van der Waals surface area (Å²) in [5.41, 5.74) is 0.0687. The van der Waals surface area contributed by atoms with E-state index in [1.165, 1.54) is 12.1 Å². The van der Waals surface area contributed by atoms with Crippen LogP contribution in [0.25, 0.3) is 0 Å². The zero-order valence-corrected chi connectivity index (χ0v) is 11.5. The molecule has 2 nitrogen and oxygen atoms in total. The molecular formula is C15H20F3NO. The number of hydrogen-bond donors (Lipinski definition) is 1. The fraction of sp³-hybridized carbons (Fsp3) is 0.600. The summed E-state index contributed by atoms with van der Waals surface area (Å²) in [5.74, 6) is 0.464. The van der Waals surface area contributed by atoms with Gasteiger partial charge >= 0.3 is 6.18 Å². The van der Waals surface area contributed by atoms with Gasteiger partial charge in [0, 0.05) is 19.7 Å². The molecule has 1 aliphatic rings. The highest BCUT2D eigenvalue weighted by molar-refractivity contribution is 5.25. The van der Waals surface area contributed by atoms with E-state index in [1.807, 2.05) is 0 Å². The molecule has 0 radical (unpaired) electrons. The van der Waals surface area contributed by atoms with E-state index in [0.29, 0.717) is 18.0 Å². The van der Waals surface area contributed by atoms with Crippen molar-refractivity contribution in [1.29, 1.82) is 0 Å². The first-order valence-corrected chi connectivity index (χ1v) is 6.99. The summed E-state index contributed by atoms with van der Waals surface area (Å²) in [6, 6.07) is 5.47.